The summed E-state index contributed by atoms with van der Waals surface area (Å²) in [6.07, 6.45) is -0.0357. The maximum Gasteiger partial charge on any atom is 0.0782 e. The van der Waals surface area contributed by atoms with Crippen LogP contribution in [0.25, 0.3) is 0 Å². The topological polar surface area (TPSA) is 47.3 Å². The van der Waals surface area contributed by atoms with Gasteiger partial charge in [-0.1, -0.05) is 29.8 Å². The fourth-order valence-electron chi connectivity index (χ4n) is 2.08. The maximum atomic E-state index is 9.92. The molecule has 0 fully saturated rings. The Morgan fingerprint density at radius 3 is 2.58 bits per heavy atom. The molecule has 1 atom stereocenters. The number of anilines is 1. The van der Waals surface area contributed by atoms with Gasteiger partial charge in [-0.05, 0) is 31.0 Å². The predicted molar refractivity (Wildman–Crippen MR) is 82.1 cm³/mol. The summed E-state index contributed by atoms with van der Waals surface area (Å²) >= 11 is 3.44. The summed E-state index contributed by atoms with van der Waals surface area (Å²) in [6.45, 7) is 7.64. The quantitative estimate of drug-likeness (QED) is 0.863. The molecular weight excluding hydrogens is 304 g/mol. The van der Waals surface area contributed by atoms with E-state index in [9.17, 15) is 5.11 Å². The van der Waals surface area contributed by atoms with E-state index < -0.39 is 6.10 Å². The van der Waals surface area contributed by atoms with Crippen molar-refractivity contribution in [1.82, 2.24) is 0 Å². The molecule has 1 N–H and O–H groups in total. The molecule has 1 aromatic rings. The Bertz CT molecular complexity index is 452. The number of hydrogen-bond donors (Lipinski definition) is 1. The first kappa shape index (κ1) is 16.0. The van der Waals surface area contributed by atoms with Crippen LogP contribution in [0.15, 0.2) is 22.7 Å². The predicted octanol–water partition coefficient (Wildman–Crippen LogP) is 3.88. The van der Waals surface area contributed by atoms with Crippen LogP contribution in [0.1, 0.15) is 38.9 Å². The first-order chi connectivity index (χ1) is 8.95. The number of rotatable bonds is 6. The molecule has 0 saturated carbocycles. The lowest BCUT2D eigenvalue weighted by Gasteiger charge is -2.29. The van der Waals surface area contributed by atoms with E-state index in [-0.39, 0.29) is 0 Å². The van der Waals surface area contributed by atoms with Crippen LogP contribution in [-0.2, 0) is 0 Å². The Kier molecular flexibility index (Phi) is 6.33. The molecule has 0 heterocycles. The average molecular weight is 325 g/mol. The smallest absolute Gasteiger partial charge is 0.0782 e. The van der Waals surface area contributed by atoms with E-state index in [0.717, 1.165) is 22.3 Å². The number of benzene rings is 1. The number of aliphatic hydroxyl groups is 1. The van der Waals surface area contributed by atoms with Gasteiger partial charge in [-0.15, -0.1) is 0 Å². The Morgan fingerprint density at radius 2 is 2.05 bits per heavy atom. The second-order valence-electron chi connectivity index (χ2n) is 5.13. The number of hydrogen-bond acceptors (Lipinski definition) is 3. The van der Waals surface area contributed by atoms with Gasteiger partial charge in [0.1, 0.15) is 0 Å². The number of aliphatic hydroxyl groups excluding tert-OH is 1. The zero-order chi connectivity index (χ0) is 14.4. The van der Waals surface area contributed by atoms with Crippen molar-refractivity contribution in [1.29, 1.82) is 5.26 Å². The van der Waals surface area contributed by atoms with Crippen molar-refractivity contribution in [2.24, 2.45) is 5.92 Å². The number of nitriles is 1. The summed E-state index contributed by atoms with van der Waals surface area (Å²) in [5.74, 6) is 0.504. The lowest BCUT2D eigenvalue weighted by molar-refractivity contribution is 0.199. The van der Waals surface area contributed by atoms with Crippen LogP contribution in [0.3, 0.4) is 0 Å². The first-order valence-corrected chi connectivity index (χ1v) is 7.34. The monoisotopic (exact) mass is 324 g/mol. The lowest BCUT2D eigenvalue weighted by Crippen LogP contribution is -2.29. The van der Waals surface area contributed by atoms with Crippen LogP contribution in [-0.4, -0.2) is 18.2 Å². The van der Waals surface area contributed by atoms with E-state index in [2.05, 4.69) is 40.7 Å². The molecule has 0 aliphatic rings. The van der Waals surface area contributed by atoms with E-state index in [4.69, 9.17) is 5.26 Å². The molecular formula is C15H21BrN2O. The summed E-state index contributed by atoms with van der Waals surface area (Å²) in [6, 6.07) is 8.11. The molecule has 1 unspecified atom stereocenters. The van der Waals surface area contributed by atoms with Gasteiger partial charge >= 0.3 is 0 Å². The summed E-state index contributed by atoms with van der Waals surface area (Å²) in [4.78, 5) is 2.18. The molecule has 0 aliphatic carbocycles. The first-order valence-electron chi connectivity index (χ1n) is 6.55. The van der Waals surface area contributed by atoms with Crippen molar-refractivity contribution < 1.29 is 5.11 Å². The molecule has 0 radical (unpaired) electrons. The van der Waals surface area contributed by atoms with Crippen molar-refractivity contribution in [2.45, 2.75) is 33.3 Å². The Morgan fingerprint density at radius 1 is 1.37 bits per heavy atom. The molecule has 0 aliphatic heterocycles. The van der Waals surface area contributed by atoms with E-state index >= 15 is 0 Å². The third kappa shape index (κ3) is 4.85. The summed E-state index contributed by atoms with van der Waals surface area (Å²) in [5, 5.41) is 18.7. The van der Waals surface area contributed by atoms with Crippen molar-refractivity contribution in [3.05, 3.63) is 28.2 Å². The Balaban J connectivity index is 3.10. The maximum absolute atomic E-state index is 9.92. The molecule has 0 spiro atoms. The highest BCUT2D eigenvalue weighted by Crippen LogP contribution is 2.30. The van der Waals surface area contributed by atoms with Crippen LogP contribution in [0, 0.1) is 17.2 Å². The molecule has 4 heteroatoms. The highest BCUT2D eigenvalue weighted by molar-refractivity contribution is 9.10. The SMILES string of the molecule is CC(C)CN(CCC#N)c1ccc(Br)cc1C(C)O. The van der Waals surface area contributed by atoms with Crippen molar-refractivity contribution in [3.8, 4) is 6.07 Å². The van der Waals surface area contributed by atoms with Crippen LogP contribution in [0.5, 0.6) is 0 Å². The Labute approximate surface area is 124 Å². The minimum absolute atomic E-state index is 0.488. The zero-order valence-corrected chi connectivity index (χ0v) is 13.3. The Hall–Kier alpha value is -1.05. The van der Waals surface area contributed by atoms with Crippen LogP contribution >= 0.6 is 15.9 Å². The van der Waals surface area contributed by atoms with Gasteiger partial charge in [-0.25, -0.2) is 0 Å². The minimum atomic E-state index is -0.524. The van der Waals surface area contributed by atoms with E-state index in [1.165, 1.54) is 0 Å². The van der Waals surface area contributed by atoms with Gasteiger partial charge < -0.3 is 10.0 Å². The third-order valence-electron chi connectivity index (χ3n) is 2.86. The van der Waals surface area contributed by atoms with Crippen molar-refractivity contribution in [2.75, 3.05) is 18.0 Å². The van der Waals surface area contributed by atoms with E-state index in [1.807, 2.05) is 18.2 Å². The third-order valence-corrected chi connectivity index (χ3v) is 3.35. The van der Waals surface area contributed by atoms with Gasteiger partial charge in [0.2, 0.25) is 0 Å². The highest BCUT2D eigenvalue weighted by Gasteiger charge is 2.15. The summed E-state index contributed by atoms with van der Waals surface area (Å²) < 4.78 is 0.955. The lowest BCUT2D eigenvalue weighted by atomic mass is 10.1. The average Bonchev–Trinajstić information content (AvgIpc) is 2.34. The van der Waals surface area contributed by atoms with Gasteiger partial charge in [0.15, 0.2) is 0 Å². The van der Waals surface area contributed by atoms with Gasteiger partial charge in [-0.2, -0.15) is 5.26 Å². The fourth-order valence-corrected chi connectivity index (χ4v) is 2.46. The fraction of sp³-hybridized carbons (Fsp3) is 0.533. The van der Waals surface area contributed by atoms with E-state index in [0.29, 0.717) is 18.9 Å². The second kappa shape index (κ2) is 7.52. The van der Waals surface area contributed by atoms with Crippen LogP contribution < -0.4 is 4.90 Å². The summed E-state index contributed by atoms with van der Waals surface area (Å²) in [5.41, 5.74) is 1.91. The minimum Gasteiger partial charge on any atom is -0.389 e. The molecule has 0 saturated heterocycles. The second-order valence-corrected chi connectivity index (χ2v) is 6.04. The van der Waals surface area contributed by atoms with Crippen molar-refractivity contribution in [3.63, 3.8) is 0 Å². The molecule has 3 nitrogen and oxygen atoms in total. The van der Waals surface area contributed by atoms with Gasteiger partial charge in [0, 0.05) is 28.8 Å². The molecule has 0 amide bonds. The summed E-state index contributed by atoms with van der Waals surface area (Å²) in [7, 11) is 0. The normalized spacial score (nSPS) is 12.3. The highest BCUT2D eigenvalue weighted by atomic mass is 79.9. The zero-order valence-electron chi connectivity index (χ0n) is 11.7. The van der Waals surface area contributed by atoms with Crippen LogP contribution in [0.4, 0.5) is 5.69 Å². The van der Waals surface area contributed by atoms with Crippen LogP contribution in [0.2, 0.25) is 0 Å². The van der Waals surface area contributed by atoms with Gasteiger partial charge in [-0.3, -0.25) is 0 Å². The standard InChI is InChI=1S/C15H21BrN2O/c1-11(2)10-18(8-4-7-17)15-6-5-13(16)9-14(15)12(3)19/h5-6,9,11-12,19H,4,8,10H2,1-3H3. The largest absolute Gasteiger partial charge is 0.389 e. The van der Waals surface area contributed by atoms with E-state index in [1.54, 1.807) is 6.92 Å². The molecule has 1 rings (SSSR count). The molecule has 0 aromatic heterocycles. The van der Waals surface area contributed by atoms with Gasteiger partial charge in [0.05, 0.1) is 18.6 Å². The molecule has 0 bridgehead atoms. The molecule has 19 heavy (non-hydrogen) atoms. The molecule has 104 valence electrons. The number of halogens is 1. The molecule has 1 aromatic carbocycles. The van der Waals surface area contributed by atoms with Gasteiger partial charge in [0.25, 0.3) is 0 Å². The van der Waals surface area contributed by atoms with Crippen molar-refractivity contribution >= 4 is 21.6 Å². The number of nitrogens with zero attached hydrogens (tertiary/aromatic N) is 2.